The zero-order valence-electron chi connectivity index (χ0n) is 5.98. The molecule has 0 fully saturated rings. The number of carbonyl (C=O) groups excluding carboxylic acids is 1. The molecule has 0 N–H and O–H groups in total. The van der Waals surface area contributed by atoms with Crippen LogP contribution in [0.25, 0.3) is 0 Å². The third-order valence-electron chi connectivity index (χ3n) is 0.649. The van der Waals surface area contributed by atoms with Crippen molar-refractivity contribution in [2.24, 2.45) is 0 Å². The quantitative estimate of drug-likeness (QED) is 0.279. The Kier molecular flexibility index (Phi) is 5.05. The molecule has 1 unspecified atom stereocenters. The number of rotatable bonds is 1. The fourth-order valence-electron chi connectivity index (χ4n) is 0.326. The number of esters is 1. The van der Waals surface area contributed by atoms with Crippen LogP contribution in [0.4, 0.5) is 0 Å². The van der Waals surface area contributed by atoms with Crippen molar-refractivity contribution < 1.29 is 9.53 Å². The van der Waals surface area contributed by atoms with Crippen LogP contribution in [-0.2, 0) is 9.53 Å². The van der Waals surface area contributed by atoms with Crippen LogP contribution in [-0.4, -0.2) is 17.4 Å². The van der Waals surface area contributed by atoms with E-state index < -0.39 is 5.97 Å². The molecular weight excluding hydrogens is 196 g/mol. The van der Waals surface area contributed by atoms with Crippen molar-refractivity contribution in [3.63, 3.8) is 0 Å². The summed E-state index contributed by atoms with van der Waals surface area (Å²) in [6.45, 7) is 3.97. The zero-order valence-corrected chi connectivity index (χ0v) is 7.56. The Bertz CT molecular complexity index is 164. The summed E-state index contributed by atoms with van der Waals surface area (Å²) < 4.78 is 4.56. The molecule has 0 rings (SSSR count). The molecule has 3 heteroatoms. The van der Waals surface area contributed by atoms with E-state index in [1.165, 1.54) is 0 Å². The summed E-state index contributed by atoms with van der Waals surface area (Å²) in [5, 5.41) is 0. The Morgan fingerprint density at radius 3 is 2.80 bits per heavy atom. The highest BCUT2D eigenvalue weighted by Crippen LogP contribution is 1.92. The Balaban J connectivity index is 3.69. The lowest BCUT2D eigenvalue weighted by Crippen LogP contribution is -2.00. The van der Waals surface area contributed by atoms with Crippen molar-refractivity contribution in [2.75, 3.05) is 6.61 Å². The molecule has 0 saturated carbocycles. The maximum Gasteiger partial charge on any atom is 0.384 e. The first-order chi connectivity index (χ1) is 4.66. The van der Waals surface area contributed by atoms with Gasteiger partial charge >= 0.3 is 5.97 Å². The van der Waals surface area contributed by atoms with E-state index in [0.717, 1.165) is 0 Å². The molecule has 0 aliphatic heterocycles. The lowest BCUT2D eigenvalue weighted by Gasteiger charge is -1.91. The number of hydrogen-bond acceptors (Lipinski definition) is 2. The van der Waals surface area contributed by atoms with Gasteiger partial charge in [0, 0.05) is 5.92 Å². The first-order valence-electron chi connectivity index (χ1n) is 2.99. The number of alkyl halides is 1. The number of carbonyl (C=O) groups is 1. The van der Waals surface area contributed by atoms with Crippen LogP contribution < -0.4 is 0 Å². The van der Waals surface area contributed by atoms with Crippen molar-refractivity contribution in [1.29, 1.82) is 0 Å². The Morgan fingerprint density at radius 1 is 1.80 bits per heavy atom. The largest absolute Gasteiger partial charge is 0.456 e. The van der Waals surface area contributed by atoms with Crippen molar-refractivity contribution in [2.45, 2.75) is 18.7 Å². The predicted octanol–water partition coefficient (Wildman–Crippen LogP) is 1.34. The van der Waals surface area contributed by atoms with Crippen LogP contribution in [0.2, 0.25) is 0 Å². The maximum absolute atomic E-state index is 10.5. The van der Waals surface area contributed by atoms with Crippen molar-refractivity contribution in [3.05, 3.63) is 0 Å². The highest BCUT2D eigenvalue weighted by atomic mass is 79.9. The van der Waals surface area contributed by atoms with Crippen LogP contribution >= 0.6 is 15.9 Å². The predicted molar refractivity (Wildman–Crippen MR) is 42.8 cm³/mol. The summed E-state index contributed by atoms with van der Waals surface area (Å²) in [5.74, 6) is 4.48. The van der Waals surface area contributed by atoms with E-state index in [1.54, 1.807) is 6.92 Å². The van der Waals surface area contributed by atoms with E-state index in [2.05, 4.69) is 32.5 Å². The average Bonchev–Trinajstić information content (AvgIpc) is 1.85. The van der Waals surface area contributed by atoms with Gasteiger partial charge in [-0.15, -0.1) is 0 Å². The fraction of sp³-hybridized carbons (Fsp3) is 0.571. The summed E-state index contributed by atoms with van der Waals surface area (Å²) >= 11 is 3.17. The van der Waals surface area contributed by atoms with Crippen LogP contribution in [0.5, 0.6) is 0 Å². The zero-order chi connectivity index (χ0) is 7.98. The Morgan fingerprint density at radius 2 is 2.40 bits per heavy atom. The maximum atomic E-state index is 10.5. The van der Waals surface area contributed by atoms with Crippen LogP contribution in [0, 0.1) is 11.8 Å². The minimum absolute atomic E-state index is 0.0388. The molecule has 0 saturated heterocycles. The molecule has 0 aliphatic rings. The molecule has 10 heavy (non-hydrogen) atoms. The molecule has 0 aromatic rings. The summed E-state index contributed by atoms with van der Waals surface area (Å²) in [6, 6.07) is 0. The second kappa shape index (κ2) is 5.31. The van der Waals surface area contributed by atoms with Crippen LogP contribution in [0.3, 0.4) is 0 Å². The van der Waals surface area contributed by atoms with Gasteiger partial charge < -0.3 is 4.74 Å². The molecule has 0 spiro atoms. The van der Waals surface area contributed by atoms with E-state index in [9.17, 15) is 4.79 Å². The van der Waals surface area contributed by atoms with Crippen LogP contribution in [0.1, 0.15) is 13.8 Å². The van der Waals surface area contributed by atoms with Crippen molar-refractivity contribution in [3.8, 4) is 11.8 Å². The van der Waals surface area contributed by atoms with Gasteiger partial charge in [-0.1, -0.05) is 21.9 Å². The summed E-state index contributed by atoms with van der Waals surface area (Å²) in [7, 11) is 0. The van der Waals surface area contributed by atoms with E-state index in [-0.39, 0.29) is 4.83 Å². The molecule has 0 amide bonds. The minimum Gasteiger partial charge on any atom is -0.456 e. The van der Waals surface area contributed by atoms with E-state index in [1.807, 2.05) is 6.92 Å². The molecule has 0 radical (unpaired) electrons. The van der Waals surface area contributed by atoms with Gasteiger partial charge in [0.15, 0.2) is 0 Å². The molecule has 0 heterocycles. The normalized spacial score (nSPS) is 11.1. The smallest absolute Gasteiger partial charge is 0.384 e. The monoisotopic (exact) mass is 204 g/mol. The van der Waals surface area contributed by atoms with Gasteiger partial charge in [0.1, 0.15) is 0 Å². The van der Waals surface area contributed by atoms with Gasteiger partial charge in [0.05, 0.1) is 11.4 Å². The number of halogens is 1. The van der Waals surface area contributed by atoms with Gasteiger partial charge in [-0.25, -0.2) is 4.79 Å². The van der Waals surface area contributed by atoms with Gasteiger partial charge in [-0.05, 0) is 13.8 Å². The Labute approximate surface area is 69.1 Å². The third-order valence-corrected chi connectivity index (χ3v) is 0.877. The van der Waals surface area contributed by atoms with Crippen molar-refractivity contribution in [1.82, 2.24) is 0 Å². The fourth-order valence-corrected chi connectivity index (χ4v) is 0.440. The highest BCUT2D eigenvalue weighted by Gasteiger charge is 1.92. The second-order valence-corrected chi connectivity index (χ2v) is 2.98. The molecule has 2 nitrogen and oxygen atoms in total. The van der Waals surface area contributed by atoms with Crippen molar-refractivity contribution >= 4 is 21.9 Å². The molecule has 0 bridgehead atoms. The minimum atomic E-state index is -0.464. The lowest BCUT2D eigenvalue weighted by molar-refractivity contribution is -0.136. The van der Waals surface area contributed by atoms with Gasteiger partial charge in [-0.2, -0.15) is 0 Å². The average molecular weight is 205 g/mol. The summed E-state index contributed by atoms with van der Waals surface area (Å²) in [6.07, 6.45) is 0. The first-order valence-corrected chi connectivity index (χ1v) is 3.90. The third kappa shape index (κ3) is 5.64. The molecule has 0 aromatic carbocycles. The summed E-state index contributed by atoms with van der Waals surface area (Å²) in [4.78, 5) is 10.6. The van der Waals surface area contributed by atoms with Crippen LogP contribution in [0.15, 0.2) is 0 Å². The molecule has 0 aliphatic carbocycles. The number of ether oxygens (including phenoxy) is 1. The number of hydrogen-bond donors (Lipinski definition) is 0. The Hall–Kier alpha value is -0.490. The van der Waals surface area contributed by atoms with Gasteiger partial charge in [0.25, 0.3) is 0 Å². The van der Waals surface area contributed by atoms with E-state index in [0.29, 0.717) is 6.61 Å². The van der Waals surface area contributed by atoms with Gasteiger partial charge in [-0.3, -0.25) is 0 Å². The second-order valence-electron chi connectivity index (χ2n) is 1.61. The first kappa shape index (κ1) is 9.51. The topological polar surface area (TPSA) is 26.3 Å². The molecule has 56 valence electrons. The SMILES string of the molecule is CCOC(=O)C#CC(C)Br. The lowest BCUT2D eigenvalue weighted by atomic mass is 10.5. The molecular formula is C7H9BrO2. The highest BCUT2D eigenvalue weighted by molar-refractivity contribution is 9.09. The molecule has 1 atom stereocenters. The van der Waals surface area contributed by atoms with Gasteiger partial charge in [0.2, 0.25) is 0 Å². The standard InChI is InChI=1S/C7H9BrO2/c1-3-10-7(9)5-4-6(2)8/h6H,3H2,1-2H3. The van der Waals surface area contributed by atoms with E-state index >= 15 is 0 Å². The molecule has 0 aromatic heterocycles. The van der Waals surface area contributed by atoms with E-state index in [4.69, 9.17) is 0 Å². The summed E-state index contributed by atoms with van der Waals surface area (Å²) in [5.41, 5.74) is 0.